The molecule has 0 spiro atoms. The molecule has 0 bridgehead atoms. The number of fused-ring (bicyclic) bond motifs is 1. The molecule has 0 aliphatic carbocycles. The first-order chi connectivity index (χ1) is 12.8. The number of rotatable bonds is 6. The third-order valence-corrected chi connectivity index (χ3v) is 5.41. The van der Waals surface area contributed by atoms with Gasteiger partial charge in [0.1, 0.15) is 12.1 Å². The minimum Gasteiger partial charge on any atom is -0.494 e. The first-order valence-electron chi connectivity index (χ1n) is 9.70. The maximum absolute atomic E-state index is 5.92. The SMILES string of the molecule is CC1C(c2ccc(OCCCN3CCCCC3)cc2)=NN2C=NN=CC12. The van der Waals surface area contributed by atoms with Crippen LogP contribution in [-0.4, -0.2) is 60.5 Å². The molecule has 3 aliphatic heterocycles. The van der Waals surface area contributed by atoms with E-state index in [1.165, 1.54) is 32.4 Å². The molecule has 6 heteroatoms. The van der Waals surface area contributed by atoms with Crippen LogP contribution in [0.25, 0.3) is 0 Å². The lowest BCUT2D eigenvalue weighted by Gasteiger charge is -2.26. The molecule has 0 radical (unpaired) electrons. The van der Waals surface area contributed by atoms with Crippen molar-refractivity contribution >= 4 is 18.3 Å². The molecular weight excluding hydrogens is 326 g/mol. The lowest BCUT2D eigenvalue weighted by molar-refractivity contribution is 0.205. The Bertz CT molecular complexity index is 691. The van der Waals surface area contributed by atoms with Crippen molar-refractivity contribution in [3.63, 3.8) is 0 Å². The zero-order valence-electron chi connectivity index (χ0n) is 15.4. The second-order valence-corrected chi connectivity index (χ2v) is 7.27. The second-order valence-electron chi connectivity index (χ2n) is 7.27. The van der Waals surface area contributed by atoms with E-state index in [0.29, 0.717) is 5.92 Å². The number of hydrogen-bond donors (Lipinski definition) is 0. The van der Waals surface area contributed by atoms with E-state index in [2.05, 4.69) is 39.3 Å². The summed E-state index contributed by atoms with van der Waals surface area (Å²) in [7, 11) is 0. The fraction of sp³-hybridized carbons (Fsp3) is 0.550. The number of hydrogen-bond acceptors (Lipinski definition) is 6. The van der Waals surface area contributed by atoms with E-state index < -0.39 is 0 Å². The summed E-state index contributed by atoms with van der Waals surface area (Å²) >= 11 is 0. The van der Waals surface area contributed by atoms with E-state index in [1.54, 1.807) is 6.34 Å². The number of benzene rings is 1. The molecule has 1 aromatic carbocycles. The Morgan fingerprint density at radius 2 is 1.88 bits per heavy atom. The molecule has 26 heavy (non-hydrogen) atoms. The van der Waals surface area contributed by atoms with Crippen LogP contribution in [0.15, 0.2) is 39.6 Å². The molecule has 3 heterocycles. The van der Waals surface area contributed by atoms with Gasteiger partial charge in [0.2, 0.25) is 0 Å². The summed E-state index contributed by atoms with van der Waals surface area (Å²) in [6, 6.07) is 8.47. The highest BCUT2D eigenvalue weighted by Crippen LogP contribution is 2.26. The third kappa shape index (κ3) is 3.80. The highest BCUT2D eigenvalue weighted by atomic mass is 16.5. The molecule has 0 aromatic heterocycles. The Balaban J connectivity index is 1.28. The molecule has 2 unspecified atom stereocenters. The molecule has 1 fully saturated rings. The molecule has 0 amide bonds. The predicted octanol–water partition coefficient (Wildman–Crippen LogP) is 2.99. The summed E-state index contributed by atoms with van der Waals surface area (Å²) < 4.78 is 5.92. The molecule has 138 valence electrons. The monoisotopic (exact) mass is 353 g/mol. The Morgan fingerprint density at radius 3 is 2.65 bits per heavy atom. The van der Waals surface area contributed by atoms with Crippen LogP contribution in [0.2, 0.25) is 0 Å². The van der Waals surface area contributed by atoms with Crippen LogP contribution in [0.1, 0.15) is 38.2 Å². The fourth-order valence-electron chi connectivity index (χ4n) is 3.87. The molecule has 2 atom stereocenters. The highest BCUT2D eigenvalue weighted by Gasteiger charge is 2.34. The van der Waals surface area contributed by atoms with Gasteiger partial charge in [-0.15, -0.1) is 5.10 Å². The van der Waals surface area contributed by atoms with Crippen LogP contribution in [0.4, 0.5) is 0 Å². The van der Waals surface area contributed by atoms with Crippen molar-refractivity contribution in [1.29, 1.82) is 0 Å². The van der Waals surface area contributed by atoms with Crippen LogP contribution in [0.3, 0.4) is 0 Å². The molecular formula is C20H27N5O. The molecule has 1 saturated heterocycles. The van der Waals surface area contributed by atoms with E-state index in [4.69, 9.17) is 4.74 Å². The van der Waals surface area contributed by atoms with Crippen molar-refractivity contribution in [3.05, 3.63) is 29.8 Å². The maximum atomic E-state index is 5.92. The highest BCUT2D eigenvalue weighted by molar-refractivity contribution is 6.06. The van der Waals surface area contributed by atoms with Gasteiger partial charge in [0.05, 0.1) is 24.6 Å². The molecule has 4 rings (SSSR count). The van der Waals surface area contributed by atoms with Gasteiger partial charge in [-0.25, -0.2) is 5.01 Å². The maximum Gasteiger partial charge on any atom is 0.135 e. The minimum atomic E-state index is 0.174. The normalized spacial score (nSPS) is 25.3. The van der Waals surface area contributed by atoms with Crippen molar-refractivity contribution in [2.45, 2.75) is 38.6 Å². The average molecular weight is 353 g/mol. The Hall–Kier alpha value is -2.21. The van der Waals surface area contributed by atoms with Crippen LogP contribution < -0.4 is 4.74 Å². The van der Waals surface area contributed by atoms with Crippen molar-refractivity contribution in [3.8, 4) is 5.75 Å². The number of likely N-dealkylation sites (tertiary alicyclic amines) is 1. The van der Waals surface area contributed by atoms with E-state index in [0.717, 1.165) is 36.6 Å². The summed E-state index contributed by atoms with van der Waals surface area (Å²) in [6.45, 7) is 6.60. The quantitative estimate of drug-likeness (QED) is 0.739. The first-order valence-corrected chi connectivity index (χ1v) is 9.70. The van der Waals surface area contributed by atoms with E-state index in [9.17, 15) is 0 Å². The second kappa shape index (κ2) is 7.99. The third-order valence-electron chi connectivity index (χ3n) is 5.41. The van der Waals surface area contributed by atoms with Crippen LogP contribution >= 0.6 is 0 Å². The van der Waals surface area contributed by atoms with Gasteiger partial charge in [-0.05, 0) is 62.2 Å². The Morgan fingerprint density at radius 1 is 1.08 bits per heavy atom. The van der Waals surface area contributed by atoms with Gasteiger partial charge < -0.3 is 9.64 Å². The number of ether oxygens (including phenoxy) is 1. The first kappa shape index (κ1) is 17.2. The van der Waals surface area contributed by atoms with Crippen molar-refractivity contribution in [2.24, 2.45) is 21.2 Å². The molecule has 1 aromatic rings. The molecule has 3 aliphatic rings. The topological polar surface area (TPSA) is 52.8 Å². The van der Waals surface area contributed by atoms with E-state index in [-0.39, 0.29) is 6.04 Å². The smallest absolute Gasteiger partial charge is 0.135 e. The van der Waals surface area contributed by atoms with Crippen LogP contribution in [0, 0.1) is 5.92 Å². The summed E-state index contributed by atoms with van der Waals surface area (Å²) in [5.41, 5.74) is 2.21. The lowest BCUT2D eigenvalue weighted by Crippen LogP contribution is -2.34. The summed E-state index contributed by atoms with van der Waals surface area (Å²) in [5, 5.41) is 14.5. The van der Waals surface area contributed by atoms with Crippen molar-refractivity contribution < 1.29 is 4.74 Å². The number of hydrazone groups is 1. The number of nitrogens with zero attached hydrogens (tertiary/aromatic N) is 5. The van der Waals surface area contributed by atoms with Crippen molar-refractivity contribution in [1.82, 2.24) is 9.91 Å². The predicted molar refractivity (Wildman–Crippen MR) is 105 cm³/mol. The van der Waals surface area contributed by atoms with Crippen LogP contribution in [-0.2, 0) is 0 Å². The largest absolute Gasteiger partial charge is 0.494 e. The lowest BCUT2D eigenvalue weighted by atomic mass is 9.93. The minimum absolute atomic E-state index is 0.174. The Labute approximate surface area is 155 Å². The van der Waals surface area contributed by atoms with Gasteiger partial charge in [0.15, 0.2) is 0 Å². The number of piperidine rings is 1. The summed E-state index contributed by atoms with van der Waals surface area (Å²) in [5.74, 6) is 1.22. The fourth-order valence-corrected chi connectivity index (χ4v) is 3.87. The zero-order chi connectivity index (χ0) is 17.8. The standard InChI is InChI=1S/C20H27N5O/c1-16-19-14-21-22-15-25(19)23-20(16)17-6-8-18(9-7-17)26-13-5-12-24-10-3-2-4-11-24/h6-9,14-16,19H,2-5,10-13H2,1H3. The van der Waals surface area contributed by atoms with Crippen molar-refractivity contribution in [2.75, 3.05) is 26.2 Å². The van der Waals surface area contributed by atoms with Gasteiger partial charge in [-0.3, -0.25) is 0 Å². The summed E-state index contributed by atoms with van der Waals surface area (Å²) in [6.07, 6.45) is 8.72. The van der Waals surface area contributed by atoms with Gasteiger partial charge >= 0.3 is 0 Å². The molecule has 0 saturated carbocycles. The molecule has 0 N–H and O–H groups in total. The molecule has 6 nitrogen and oxygen atoms in total. The van der Waals surface area contributed by atoms with Gasteiger partial charge in [0, 0.05) is 12.5 Å². The van der Waals surface area contributed by atoms with Gasteiger partial charge in [-0.1, -0.05) is 13.3 Å². The van der Waals surface area contributed by atoms with Crippen LogP contribution in [0.5, 0.6) is 5.75 Å². The van der Waals surface area contributed by atoms with E-state index >= 15 is 0 Å². The van der Waals surface area contributed by atoms with Gasteiger partial charge in [0.25, 0.3) is 0 Å². The van der Waals surface area contributed by atoms with Gasteiger partial charge in [-0.2, -0.15) is 10.2 Å². The Kier molecular flexibility index (Phi) is 5.29. The zero-order valence-corrected chi connectivity index (χ0v) is 15.4. The van der Waals surface area contributed by atoms with E-state index in [1.807, 2.05) is 23.4 Å². The average Bonchev–Trinajstić information content (AvgIpc) is 3.04. The summed E-state index contributed by atoms with van der Waals surface area (Å²) in [4.78, 5) is 2.55.